The van der Waals surface area contributed by atoms with Crippen LogP contribution in [-0.4, -0.2) is 17.3 Å². The topological polar surface area (TPSA) is 29.5 Å². The van der Waals surface area contributed by atoms with Gasteiger partial charge >= 0.3 is 0 Å². The van der Waals surface area contributed by atoms with Crippen molar-refractivity contribution >= 4 is 0 Å². The molecule has 0 bridgehead atoms. The lowest BCUT2D eigenvalue weighted by molar-refractivity contribution is -0.0133. The molecule has 3 unspecified atom stereocenters. The highest BCUT2D eigenvalue weighted by Crippen LogP contribution is 2.31. The van der Waals surface area contributed by atoms with Crippen LogP contribution in [-0.2, 0) is 0 Å². The molecule has 100 valence electrons. The van der Waals surface area contributed by atoms with Crippen LogP contribution in [0.3, 0.4) is 0 Å². The van der Waals surface area contributed by atoms with E-state index in [4.69, 9.17) is 4.74 Å². The molecule has 1 aliphatic rings. The molecule has 2 nitrogen and oxygen atoms in total. The van der Waals surface area contributed by atoms with Crippen LogP contribution in [0.2, 0.25) is 0 Å². The first-order valence-electron chi connectivity index (χ1n) is 6.80. The molecule has 0 amide bonds. The van der Waals surface area contributed by atoms with Crippen molar-refractivity contribution in [2.24, 2.45) is 5.92 Å². The Morgan fingerprint density at radius 2 is 2.11 bits per heavy atom. The number of hydrogen-bond acceptors (Lipinski definition) is 2. The van der Waals surface area contributed by atoms with Crippen LogP contribution in [0, 0.1) is 11.7 Å². The van der Waals surface area contributed by atoms with Gasteiger partial charge in [-0.2, -0.15) is 0 Å². The van der Waals surface area contributed by atoms with Crippen LogP contribution in [0.15, 0.2) is 24.3 Å². The van der Waals surface area contributed by atoms with Gasteiger partial charge in [0.15, 0.2) is 11.6 Å². The van der Waals surface area contributed by atoms with Gasteiger partial charge in [0.1, 0.15) is 6.10 Å². The van der Waals surface area contributed by atoms with E-state index in [0.29, 0.717) is 5.92 Å². The lowest BCUT2D eigenvalue weighted by atomic mass is 9.83. The van der Waals surface area contributed by atoms with Gasteiger partial charge in [0.25, 0.3) is 0 Å². The summed E-state index contributed by atoms with van der Waals surface area (Å²) in [5, 5.41) is 9.96. The van der Waals surface area contributed by atoms with Gasteiger partial charge in [-0.25, -0.2) is 4.39 Å². The lowest BCUT2D eigenvalue weighted by Gasteiger charge is -2.33. The molecule has 0 aliphatic heterocycles. The van der Waals surface area contributed by atoms with Crippen molar-refractivity contribution in [3.05, 3.63) is 30.1 Å². The molecule has 3 heteroatoms. The lowest BCUT2D eigenvalue weighted by Crippen LogP contribution is -2.38. The Morgan fingerprint density at radius 3 is 2.83 bits per heavy atom. The van der Waals surface area contributed by atoms with Crippen molar-refractivity contribution < 1.29 is 14.2 Å². The molecule has 0 saturated heterocycles. The summed E-state index contributed by atoms with van der Waals surface area (Å²) in [5.41, 5.74) is 0. The minimum absolute atomic E-state index is 0.249. The Kier molecular flexibility index (Phi) is 4.59. The molecule has 0 aromatic heterocycles. The Bertz CT molecular complexity index is 381. The second-order valence-electron chi connectivity index (χ2n) is 5.12. The zero-order valence-electron chi connectivity index (χ0n) is 10.8. The largest absolute Gasteiger partial charge is 0.485 e. The van der Waals surface area contributed by atoms with Crippen molar-refractivity contribution in [3.63, 3.8) is 0 Å². The van der Waals surface area contributed by atoms with E-state index in [-0.39, 0.29) is 17.7 Å². The molecular weight excluding hydrogens is 231 g/mol. The Labute approximate surface area is 108 Å². The van der Waals surface area contributed by atoms with Crippen LogP contribution in [0.1, 0.15) is 39.0 Å². The highest BCUT2D eigenvalue weighted by molar-refractivity contribution is 5.24. The van der Waals surface area contributed by atoms with Gasteiger partial charge in [-0.3, -0.25) is 0 Å². The maximum Gasteiger partial charge on any atom is 0.165 e. The van der Waals surface area contributed by atoms with Gasteiger partial charge < -0.3 is 9.84 Å². The number of aliphatic hydroxyl groups excluding tert-OH is 1. The van der Waals surface area contributed by atoms with Crippen molar-refractivity contribution in [2.75, 3.05) is 0 Å². The SMILES string of the molecule is CCCC1CCC(O)C(Oc2ccccc2F)C1. The third-order valence-electron chi connectivity index (χ3n) is 3.68. The van der Waals surface area contributed by atoms with Gasteiger partial charge in [-0.15, -0.1) is 0 Å². The van der Waals surface area contributed by atoms with Gasteiger partial charge in [0.2, 0.25) is 0 Å². The number of aliphatic hydroxyl groups is 1. The summed E-state index contributed by atoms with van der Waals surface area (Å²) in [6, 6.07) is 6.38. The zero-order valence-corrected chi connectivity index (χ0v) is 10.8. The molecule has 2 rings (SSSR count). The highest BCUT2D eigenvalue weighted by Gasteiger charge is 2.30. The third kappa shape index (κ3) is 3.22. The average molecular weight is 252 g/mol. The fraction of sp³-hybridized carbons (Fsp3) is 0.600. The molecule has 3 atom stereocenters. The Balaban J connectivity index is 2.00. The Morgan fingerprint density at radius 1 is 1.33 bits per heavy atom. The monoisotopic (exact) mass is 252 g/mol. The van der Waals surface area contributed by atoms with E-state index in [2.05, 4.69) is 6.92 Å². The molecule has 18 heavy (non-hydrogen) atoms. The van der Waals surface area contributed by atoms with E-state index < -0.39 is 6.10 Å². The minimum Gasteiger partial charge on any atom is -0.485 e. The summed E-state index contributed by atoms with van der Waals surface area (Å²) in [6.45, 7) is 2.16. The van der Waals surface area contributed by atoms with Crippen LogP contribution in [0.4, 0.5) is 4.39 Å². The maximum absolute atomic E-state index is 13.5. The van der Waals surface area contributed by atoms with Crippen molar-refractivity contribution in [3.8, 4) is 5.75 Å². The molecule has 1 aromatic carbocycles. The maximum atomic E-state index is 13.5. The van der Waals surface area contributed by atoms with E-state index in [0.717, 1.165) is 32.1 Å². The summed E-state index contributed by atoms with van der Waals surface area (Å²) in [7, 11) is 0. The number of hydrogen-bond donors (Lipinski definition) is 1. The van der Waals surface area contributed by atoms with Gasteiger partial charge in [0, 0.05) is 0 Å². The van der Waals surface area contributed by atoms with Crippen molar-refractivity contribution in [2.45, 2.75) is 51.2 Å². The van der Waals surface area contributed by atoms with Crippen LogP contribution in [0.25, 0.3) is 0 Å². The van der Waals surface area contributed by atoms with Gasteiger partial charge in [-0.05, 0) is 37.3 Å². The average Bonchev–Trinajstić information content (AvgIpc) is 2.36. The van der Waals surface area contributed by atoms with Crippen LogP contribution in [0.5, 0.6) is 5.75 Å². The summed E-state index contributed by atoms with van der Waals surface area (Å²) in [5.74, 6) is 0.483. The van der Waals surface area contributed by atoms with Gasteiger partial charge in [-0.1, -0.05) is 31.9 Å². The number of halogens is 1. The van der Waals surface area contributed by atoms with Crippen molar-refractivity contribution in [1.82, 2.24) is 0 Å². The predicted molar refractivity (Wildman–Crippen MR) is 69.1 cm³/mol. The molecule has 1 aliphatic carbocycles. The highest BCUT2D eigenvalue weighted by atomic mass is 19.1. The zero-order chi connectivity index (χ0) is 13.0. The summed E-state index contributed by atoms with van der Waals surface area (Å²) in [4.78, 5) is 0. The molecule has 0 spiro atoms. The number of rotatable bonds is 4. The first-order chi connectivity index (χ1) is 8.70. The second kappa shape index (κ2) is 6.19. The molecule has 0 radical (unpaired) electrons. The molecule has 1 fully saturated rings. The van der Waals surface area contributed by atoms with E-state index in [9.17, 15) is 9.50 Å². The van der Waals surface area contributed by atoms with E-state index in [1.54, 1.807) is 18.2 Å². The molecule has 1 aromatic rings. The quantitative estimate of drug-likeness (QED) is 0.888. The Hall–Kier alpha value is -1.09. The predicted octanol–water partition coefficient (Wildman–Crippen LogP) is 3.53. The first-order valence-corrected chi connectivity index (χ1v) is 6.80. The standard InChI is InChI=1S/C15H21FO2/c1-2-5-11-8-9-13(17)15(10-11)18-14-7-4-3-6-12(14)16/h3-4,6-7,11,13,15,17H,2,5,8-10H2,1H3. The van der Waals surface area contributed by atoms with E-state index >= 15 is 0 Å². The smallest absolute Gasteiger partial charge is 0.165 e. The summed E-state index contributed by atoms with van der Waals surface area (Å²) >= 11 is 0. The molecule has 0 heterocycles. The number of para-hydroxylation sites is 1. The molecule has 1 saturated carbocycles. The van der Waals surface area contributed by atoms with Crippen LogP contribution >= 0.6 is 0 Å². The minimum atomic E-state index is -0.474. The second-order valence-corrected chi connectivity index (χ2v) is 5.12. The van der Waals surface area contributed by atoms with E-state index in [1.807, 2.05) is 0 Å². The van der Waals surface area contributed by atoms with E-state index in [1.165, 1.54) is 6.07 Å². The third-order valence-corrected chi connectivity index (χ3v) is 3.68. The number of ether oxygens (including phenoxy) is 1. The number of benzene rings is 1. The fourth-order valence-corrected chi connectivity index (χ4v) is 2.70. The molecule has 1 N–H and O–H groups in total. The fourth-order valence-electron chi connectivity index (χ4n) is 2.70. The van der Waals surface area contributed by atoms with Crippen LogP contribution < -0.4 is 4.74 Å². The normalized spacial score (nSPS) is 28.1. The van der Waals surface area contributed by atoms with Gasteiger partial charge in [0.05, 0.1) is 6.10 Å². The summed E-state index contributed by atoms with van der Waals surface area (Å²) in [6.07, 6.45) is 4.18. The first kappa shape index (κ1) is 13.3. The van der Waals surface area contributed by atoms with Crippen molar-refractivity contribution in [1.29, 1.82) is 0 Å². The summed E-state index contributed by atoms with van der Waals surface area (Å²) < 4.78 is 19.2. The molecular formula is C15H21FO2.